The first-order chi connectivity index (χ1) is 6.26. The lowest BCUT2D eigenvalue weighted by Gasteiger charge is -2.00. The Morgan fingerprint density at radius 2 is 1.77 bits per heavy atom. The third-order valence-electron chi connectivity index (χ3n) is 1.70. The van der Waals surface area contributed by atoms with Gasteiger partial charge in [0.2, 0.25) is 0 Å². The Morgan fingerprint density at radius 1 is 1.23 bits per heavy atom. The van der Waals surface area contributed by atoms with E-state index in [-0.39, 0.29) is 6.61 Å². The Bertz CT molecular complexity index is 290. The smallest absolute Gasteiger partial charge is 0.0681 e. The van der Waals surface area contributed by atoms with E-state index in [2.05, 4.69) is 0 Å². The quantitative estimate of drug-likeness (QED) is 0.824. The van der Waals surface area contributed by atoms with Gasteiger partial charge in [0, 0.05) is 17.0 Å². The van der Waals surface area contributed by atoms with Crippen LogP contribution in [-0.4, -0.2) is 5.11 Å². The van der Waals surface area contributed by atoms with Gasteiger partial charge in [0.15, 0.2) is 0 Å². The van der Waals surface area contributed by atoms with Gasteiger partial charge in [0.05, 0.1) is 6.61 Å². The minimum absolute atomic E-state index is 0.0688. The molecular weight excluding hydrogens is 207 g/mol. The molecule has 1 aromatic carbocycles. The van der Waals surface area contributed by atoms with Gasteiger partial charge in [-0.25, -0.2) is 0 Å². The van der Waals surface area contributed by atoms with Gasteiger partial charge in [-0.1, -0.05) is 47.5 Å². The molecule has 3 heteroatoms. The van der Waals surface area contributed by atoms with Crippen molar-refractivity contribution >= 4 is 23.2 Å². The molecule has 0 atom stereocenters. The van der Waals surface area contributed by atoms with E-state index in [1.54, 1.807) is 0 Å². The van der Waals surface area contributed by atoms with E-state index >= 15 is 0 Å². The Labute approximate surface area is 87.6 Å². The molecule has 0 saturated heterocycles. The van der Waals surface area contributed by atoms with E-state index in [0.717, 1.165) is 11.1 Å². The van der Waals surface area contributed by atoms with Gasteiger partial charge in [0.1, 0.15) is 0 Å². The molecule has 0 unspecified atom stereocenters. The van der Waals surface area contributed by atoms with Gasteiger partial charge >= 0.3 is 0 Å². The first kappa shape index (κ1) is 10.6. The van der Waals surface area contributed by atoms with Crippen LogP contribution in [0.3, 0.4) is 0 Å². The fourth-order valence-corrected chi connectivity index (χ4v) is 1.23. The highest BCUT2D eigenvalue weighted by molar-refractivity contribution is 6.36. The Balaban J connectivity index is 2.69. The number of halogens is 2. The largest absolute Gasteiger partial charge is 0.392 e. The fraction of sp³-hybridized carbons (Fsp3) is 0.200. The van der Waals surface area contributed by atoms with Crippen molar-refractivity contribution in [3.63, 3.8) is 0 Å². The number of hydrogen-bond acceptors (Lipinski definition) is 1. The van der Waals surface area contributed by atoms with Crippen molar-refractivity contribution in [3.05, 3.63) is 46.0 Å². The standard InChI is InChI=1S/C10H10Cl2O/c11-6-10(12)5-8-1-3-9(7-13)4-2-8/h1-4,6,13H,5,7H2. The maximum absolute atomic E-state index is 8.80. The van der Waals surface area contributed by atoms with E-state index in [1.807, 2.05) is 24.3 Å². The second kappa shape index (κ2) is 5.28. The van der Waals surface area contributed by atoms with Crippen LogP contribution in [-0.2, 0) is 13.0 Å². The number of aliphatic hydroxyl groups excluding tert-OH is 1. The molecule has 0 heterocycles. The monoisotopic (exact) mass is 216 g/mol. The molecule has 0 bridgehead atoms. The third-order valence-corrected chi connectivity index (χ3v) is 2.31. The summed E-state index contributed by atoms with van der Waals surface area (Å²) in [6.45, 7) is 0.0688. The third kappa shape index (κ3) is 3.39. The molecule has 0 radical (unpaired) electrons. The Kier molecular flexibility index (Phi) is 4.29. The molecule has 0 aliphatic rings. The van der Waals surface area contributed by atoms with E-state index in [4.69, 9.17) is 28.3 Å². The topological polar surface area (TPSA) is 20.2 Å². The zero-order valence-corrected chi connectivity index (χ0v) is 8.52. The van der Waals surface area contributed by atoms with Crippen molar-refractivity contribution in [2.45, 2.75) is 13.0 Å². The van der Waals surface area contributed by atoms with Gasteiger partial charge in [-0.15, -0.1) is 0 Å². The van der Waals surface area contributed by atoms with Crippen LogP contribution < -0.4 is 0 Å². The summed E-state index contributed by atoms with van der Waals surface area (Å²) < 4.78 is 0. The number of allylic oxidation sites excluding steroid dienone is 1. The first-order valence-electron chi connectivity index (χ1n) is 3.89. The maximum atomic E-state index is 8.80. The molecule has 1 nitrogen and oxygen atoms in total. The molecular formula is C10H10Cl2O. The minimum atomic E-state index is 0.0688. The Hall–Kier alpha value is -0.500. The summed E-state index contributed by atoms with van der Waals surface area (Å²) in [6, 6.07) is 7.59. The van der Waals surface area contributed by atoms with Gasteiger partial charge < -0.3 is 5.11 Å². The predicted molar refractivity (Wildman–Crippen MR) is 55.9 cm³/mol. The van der Waals surface area contributed by atoms with Crippen molar-refractivity contribution in [1.29, 1.82) is 0 Å². The molecule has 0 aromatic heterocycles. The van der Waals surface area contributed by atoms with Gasteiger partial charge in [-0.3, -0.25) is 0 Å². The summed E-state index contributed by atoms with van der Waals surface area (Å²) in [6.07, 6.45) is 0.636. The van der Waals surface area contributed by atoms with Crippen molar-refractivity contribution in [3.8, 4) is 0 Å². The maximum Gasteiger partial charge on any atom is 0.0681 e. The average Bonchev–Trinajstić information content (AvgIpc) is 2.19. The summed E-state index contributed by atoms with van der Waals surface area (Å²) in [7, 11) is 0. The molecule has 13 heavy (non-hydrogen) atoms. The second-order valence-electron chi connectivity index (χ2n) is 2.71. The molecule has 1 aromatic rings. The number of rotatable bonds is 3. The van der Waals surface area contributed by atoms with E-state index in [9.17, 15) is 0 Å². The van der Waals surface area contributed by atoms with Crippen LogP contribution in [0.4, 0.5) is 0 Å². The van der Waals surface area contributed by atoms with E-state index in [0.29, 0.717) is 11.5 Å². The normalized spacial score (nSPS) is 11.8. The number of hydrogen-bond donors (Lipinski definition) is 1. The summed E-state index contributed by atoms with van der Waals surface area (Å²) in [4.78, 5) is 0. The minimum Gasteiger partial charge on any atom is -0.392 e. The summed E-state index contributed by atoms with van der Waals surface area (Å²) in [5.74, 6) is 0. The second-order valence-corrected chi connectivity index (χ2v) is 3.41. The molecule has 0 aliphatic carbocycles. The summed E-state index contributed by atoms with van der Waals surface area (Å²) in [5, 5.41) is 9.41. The van der Waals surface area contributed by atoms with Crippen LogP contribution in [0.5, 0.6) is 0 Å². The average molecular weight is 217 g/mol. The molecule has 0 amide bonds. The molecule has 0 aliphatic heterocycles. The van der Waals surface area contributed by atoms with Crippen LogP contribution in [0.15, 0.2) is 34.8 Å². The molecule has 0 spiro atoms. The van der Waals surface area contributed by atoms with Crippen molar-refractivity contribution in [2.75, 3.05) is 0 Å². The Morgan fingerprint density at radius 3 is 2.23 bits per heavy atom. The number of aliphatic hydroxyl groups is 1. The molecule has 70 valence electrons. The highest BCUT2D eigenvalue weighted by Crippen LogP contribution is 2.13. The highest BCUT2D eigenvalue weighted by Gasteiger charge is 1.96. The van der Waals surface area contributed by atoms with Crippen molar-refractivity contribution in [1.82, 2.24) is 0 Å². The molecule has 1 N–H and O–H groups in total. The SMILES string of the molecule is OCc1ccc(CC(Cl)=CCl)cc1. The summed E-state index contributed by atoms with van der Waals surface area (Å²) in [5.41, 5.74) is 3.34. The molecule has 0 saturated carbocycles. The van der Waals surface area contributed by atoms with Crippen LogP contribution in [0, 0.1) is 0 Å². The predicted octanol–water partition coefficient (Wildman–Crippen LogP) is 3.04. The molecule has 0 fully saturated rings. The first-order valence-corrected chi connectivity index (χ1v) is 4.71. The van der Waals surface area contributed by atoms with Gasteiger partial charge in [0.25, 0.3) is 0 Å². The molecule has 1 rings (SSSR count). The van der Waals surface area contributed by atoms with Crippen molar-refractivity contribution in [2.24, 2.45) is 0 Å². The van der Waals surface area contributed by atoms with Crippen molar-refractivity contribution < 1.29 is 5.11 Å². The van der Waals surface area contributed by atoms with Crippen LogP contribution in [0.2, 0.25) is 0 Å². The van der Waals surface area contributed by atoms with E-state index < -0.39 is 0 Å². The number of benzene rings is 1. The zero-order valence-electron chi connectivity index (χ0n) is 7.00. The zero-order chi connectivity index (χ0) is 9.68. The van der Waals surface area contributed by atoms with Gasteiger partial charge in [-0.05, 0) is 11.1 Å². The summed E-state index contributed by atoms with van der Waals surface area (Å²) >= 11 is 11.2. The van der Waals surface area contributed by atoms with Crippen LogP contribution in [0.25, 0.3) is 0 Å². The lowest BCUT2D eigenvalue weighted by atomic mass is 10.1. The van der Waals surface area contributed by atoms with Gasteiger partial charge in [-0.2, -0.15) is 0 Å². The van der Waals surface area contributed by atoms with Crippen LogP contribution in [0.1, 0.15) is 11.1 Å². The lowest BCUT2D eigenvalue weighted by Crippen LogP contribution is -1.87. The lowest BCUT2D eigenvalue weighted by molar-refractivity contribution is 0.282. The fourth-order valence-electron chi connectivity index (χ4n) is 0.996. The van der Waals surface area contributed by atoms with E-state index in [1.165, 1.54) is 5.54 Å². The highest BCUT2D eigenvalue weighted by atomic mass is 35.5. The van der Waals surface area contributed by atoms with Crippen LogP contribution >= 0.6 is 23.2 Å².